The molecule has 0 heterocycles. The standard InChI is InChI=1S/C17H20FNO/c1-2-19-12-17(15-10-6-7-11-16(15)18)20-13-14-8-4-3-5-9-14/h3-11,17,19H,2,12-13H2,1H3. The number of ether oxygens (including phenoxy) is 1. The summed E-state index contributed by atoms with van der Waals surface area (Å²) in [6.07, 6.45) is -0.281. The molecule has 2 rings (SSSR count). The quantitative estimate of drug-likeness (QED) is 0.830. The summed E-state index contributed by atoms with van der Waals surface area (Å²) in [5.74, 6) is -0.219. The zero-order chi connectivity index (χ0) is 14.2. The van der Waals surface area contributed by atoms with Crippen molar-refractivity contribution in [1.82, 2.24) is 5.32 Å². The van der Waals surface area contributed by atoms with Crippen LogP contribution in [0.2, 0.25) is 0 Å². The Hall–Kier alpha value is -1.71. The van der Waals surface area contributed by atoms with Crippen LogP contribution >= 0.6 is 0 Å². The third-order valence-electron chi connectivity index (χ3n) is 3.13. The molecule has 0 amide bonds. The molecule has 2 aromatic rings. The van der Waals surface area contributed by atoms with E-state index in [2.05, 4.69) is 5.32 Å². The van der Waals surface area contributed by atoms with Gasteiger partial charge < -0.3 is 10.1 Å². The van der Waals surface area contributed by atoms with Gasteiger partial charge in [0.25, 0.3) is 0 Å². The maximum absolute atomic E-state index is 13.9. The van der Waals surface area contributed by atoms with E-state index >= 15 is 0 Å². The summed E-state index contributed by atoms with van der Waals surface area (Å²) in [5.41, 5.74) is 1.69. The van der Waals surface area contributed by atoms with E-state index in [4.69, 9.17) is 4.74 Å². The summed E-state index contributed by atoms with van der Waals surface area (Å²) in [5, 5.41) is 3.22. The van der Waals surface area contributed by atoms with Crippen molar-refractivity contribution in [3.8, 4) is 0 Å². The van der Waals surface area contributed by atoms with E-state index in [1.54, 1.807) is 12.1 Å². The van der Waals surface area contributed by atoms with Crippen LogP contribution in [0.1, 0.15) is 24.2 Å². The lowest BCUT2D eigenvalue weighted by molar-refractivity contribution is 0.0379. The third-order valence-corrected chi connectivity index (χ3v) is 3.13. The second-order valence-electron chi connectivity index (χ2n) is 4.61. The van der Waals surface area contributed by atoms with Crippen LogP contribution in [0.3, 0.4) is 0 Å². The summed E-state index contributed by atoms with van der Waals surface area (Å²) >= 11 is 0. The van der Waals surface area contributed by atoms with E-state index in [0.29, 0.717) is 18.7 Å². The van der Waals surface area contributed by atoms with Crippen molar-refractivity contribution < 1.29 is 9.13 Å². The highest BCUT2D eigenvalue weighted by Crippen LogP contribution is 2.21. The molecule has 0 spiro atoms. The van der Waals surface area contributed by atoms with Crippen molar-refractivity contribution in [2.75, 3.05) is 13.1 Å². The van der Waals surface area contributed by atoms with Gasteiger partial charge in [-0.3, -0.25) is 0 Å². The SMILES string of the molecule is CCNCC(OCc1ccccc1)c1ccccc1F. The van der Waals surface area contributed by atoms with Crippen molar-refractivity contribution in [2.24, 2.45) is 0 Å². The molecule has 2 aromatic carbocycles. The van der Waals surface area contributed by atoms with Gasteiger partial charge in [-0.15, -0.1) is 0 Å². The molecule has 0 bridgehead atoms. The number of benzene rings is 2. The molecule has 0 fully saturated rings. The van der Waals surface area contributed by atoms with Gasteiger partial charge in [-0.05, 0) is 18.2 Å². The third kappa shape index (κ3) is 4.15. The highest BCUT2D eigenvalue weighted by molar-refractivity contribution is 5.21. The van der Waals surface area contributed by atoms with E-state index in [1.165, 1.54) is 6.07 Å². The predicted octanol–water partition coefficient (Wildman–Crippen LogP) is 3.69. The Bertz CT molecular complexity index is 515. The van der Waals surface area contributed by atoms with Crippen molar-refractivity contribution >= 4 is 0 Å². The minimum absolute atomic E-state index is 0.219. The fourth-order valence-electron chi connectivity index (χ4n) is 2.04. The molecule has 0 saturated heterocycles. The van der Waals surface area contributed by atoms with E-state index in [9.17, 15) is 4.39 Å². The van der Waals surface area contributed by atoms with E-state index in [1.807, 2.05) is 43.3 Å². The summed E-state index contributed by atoms with van der Waals surface area (Å²) < 4.78 is 19.8. The number of hydrogen-bond acceptors (Lipinski definition) is 2. The van der Waals surface area contributed by atoms with Crippen LogP contribution in [0, 0.1) is 5.82 Å². The Morgan fingerprint density at radius 2 is 1.75 bits per heavy atom. The molecule has 0 aliphatic rings. The molecular formula is C17H20FNO. The minimum atomic E-state index is -0.281. The van der Waals surface area contributed by atoms with Gasteiger partial charge in [-0.25, -0.2) is 4.39 Å². The zero-order valence-corrected chi connectivity index (χ0v) is 11.7. The van der Waals surface area contributed by atoms with Crippen LogP contribution in [-0.4, -0.2) is 13.1 Å². The number of nitrogens with one attached hydrogen (secondary N) is 1. The van der Waals surface area contributed by atoms with Crippen molar-refractivity contribution in [2.45, 2.75) is 19.6 Å². The summed E-state index contributed by atoms with van der Waals surface area (Å²) in [4.78, 5) is 0. The Balaban J connectivity index is 2.06. The fourth-order valence-corrected chi connectivity index (χ4v) is 2.04. The van der Waals surface area contributed by atoms with Crippen LogP contribution in [0.5, 0.6) is 0 Å². The van der Waals surface area contributed by atoms with Crippen LogP contribution in [0.4, 0.5) is 4.39 Å². The molecule has 0 aliphatic heterocycles. The molecule has 1 unspecified atom stereocenters. The second-order valence-corrected chi connectivity index (χ2v) is 4.61. The Labute approximate surface area is 119 Å². The molecule has 106 valence electrons. The van der Waals surface area contributed by atoms with Gasteiger partial charge in [0.2, 0.25) is 0 Å². The van der Waals surface area contributed by atoms with E-state index in [-0.39, 0.29) is 11.9 Å². The molecule has 1 atom stereocenters. The van der Waals surface area contributed by atoms with Crippen molar-refractivity contribution in [1.29, 1.82) is 0 Å². The van der Waals surface area contributed by atoms with Crippen LogP contribution < -0.4 is 5.32 Å². The highest BCUT2D eigenvalue weighted by Gasteiger charge is 2.15. The molecular weight excluding hydrogens is 253 g/mol. The maximum atomic E-state index is 13.9. The van der Waals surface area contributed by atoms with Gasteiger partial charge in [-0.1, -0.05) is 55.5 Å². The lowest BCUT2D eigenvalue weighted by Gasteiger charge is -2.19. The van der Waals surface area contributed by atoms with Gasteiger partial charge in [0.1, 0.15) is 5.82 Å². The van der Waals surface area contributed by atoms with E-state index < -0.39 is 0 Å². The average Bonchev–Trinajstić information content (AvgIpc) is 2.49. The lowest BCUT2D eigenvalue weighted by Crippen LogP contribution is -2.23. The summed E-state index contributed by atoms with van der Waals surface area (Å²) in [7, 11) is 0. The first-order valence-electron chi connectivity index (χ1n) is 6.92. The number of likely N-dealkylation sites (N-methyl/N-ethyl adjacent to an activating group) is 1. The van der Waals surface area contributed by atoms with Crippen molar-refractivity contribution in [3.63, 3.8) is 0 Å². The topological polar surface area (TPSA) is 21.3 Å². The van der Waals surface area contributed by atoms with Gasteiger partial charge in [0.05, 0.1) is 12.7 Å². The number of hydrogen-bond donors (Lipinski definition) is 1. The largest absolute Gasteiger partial charge is 0.367 e. The molecule has 3 heteroatoms. The minimum Gasteiger partial charge on any atom is -0.367 e. The second kappa shape index (κ2) is 7.78. The molecule has 1 N–H and O–H groups in total. The highest BCUT2D eigenvalue weighted by atomic mass is 19.1. The molecule has 0 saturated carbocycles. The Kier molecular flexibility index (Phi) is 5.71. The number of rotatable bonds is 7. The van der Waals surface area contributed by atoms with Crippen LogP contribution in [0.25, 0.3) is 0 Å². The molecule has 0 aromatic heterocycles. The van der Waals surface area contributed by atoms with Gasteiger partial charge in [0.15, 0.2) is 0 Å². The first kappa shape index (κ1) is 14.7. The fraction of sp³-hybridized carbons (Fsp3) is 0.294. The maximum Gasteiger partial charge on any atom is 0.129 e. The van der Waals surface area contributed by atoms with Gasteiger partial charge >= 0.3 is 0 Å². The van der Waals surface area contributed by atoms with Crippen LogP contribution in [0.15, 0.2) is 54.6 Å². The van der Waals surface area contributed by atoms with Gasteiger partial charge in [-0.2, -0.15) is 0 Å². The monoisotopic (exact) mass is 273 g/mol. The first-order valence-corrected chi connectivity index (χ1v) is 6.92. The zero-order valence-electron chi connectivity index (χ0n) is 11.7. The van der Waals surface area contributed by atoms with Crippen molar-refractivity contribution in [3.05, 3.63) is 71.5 Å². The average molecular weight is 273 g/mol. The predicted molar refractivity (Wildman–Crippen MR) is 78.9 cm³/mol. The van der Waals surface area contributed by atoms with Gasteiger partial charge in [0, 0.05) is 12.1 Å². The smallest absolute Gasteiger partial charge is 0.129 e. The molecule has 20 heavy (non-hydrogen) atoms. The first-order chi connectivity index (χ1) is 9.81. The summed E-state index contributed by atoms with van der Waals surface area (Å²) in [6, 6.07) is 16.7. The molecule has 0 radical (unpaired) electrons. The molecule has 2 nitrogen and oxygen atoms in total. The Morgan fingerprint density at radius 3 is 2.45 bits per heavy atom. The van der Waals surface area contributed by atoms with E-state index in [0.717, 1.165) is 12.1 Å². The Morgan fingerprint density at radius 1 is 1.05 bits per heavy atom. The van der Waals surface area contributed by atoms with Crippen LogP contribution in [-0.2, 0) is 11.3 Å². The summed E-state index contributed by atoms with van der Waals surface area (Å²) in [6.45, 7) is 3.94. The molecule has 0 aliphatic carbocycles. The lowest BCUT2D eigenvalue weighted by atomic mass is 10.1. The number of halogens is 1. The normalized spacial score (nSPS) is 12.3.